The quantitative estimate of drug-likeness (QED) is 0.877. The predicted molar refractivity (Wildman–Crippen MR) is 82.6 cm³/mol. The van der Waals surface area contributed by atoms with Gasteiger partial charge in [0.05, 0.1) is 21.6 Å². The third kappa shape index (κ3) is 2.78. The van der Waals surface area contributed by atoms with Crippen LogP contribution in [0, 0.1) is 0 Å². The Balaban J connectivity index is 1.76. The third-order valence-corrected chi connectivity index (χ3v) is 5.28. The molecule has 1 aliphatic carbocycles. The first kappa shape index (κ1) is 15.1. The van der Waals surface area contributed by atoms with Gasteiger partial charge in [0.2, 0.25) is 5.91 Å². The highest BCUT2D eigenvalue weighted by molar-refractivity contribution is 6.42. The van der Waals surface area contributed by atoms with Gasteiger partial charge in [-0.15, -0.1) is 0 Å². The number of benzene rings is 1. The third-order valence-electron chi connectivity index (χ3n) is 4.43. The lowest BCUT2D eigenvalue weighted by Crippen LogP contribution is -2.57. The van der Waals surface area contributed by atoms with Crippen molar-refractivity contribution in [2.45, 2.75) is 37.3 Å². The molecule has 1 fully saturated rings. The largest absolute Gasteiger partial charge is 0.381 e. The minimum atomic E-state index is -0.822. The topological polar surface area (TPSA) is 64.4 Å². The number of nitrogens with two attached hydrogens (primary N) is 1. The number of hydrogen-bond acceptors (Lipinski definition) is 3. The molecule has 1 aromatic carbocycles. The van der Waals surface area contributed by atoms with Gasteiger partial charge in [-0.3, -0.25) is 4.79 Å². The van der Waals surface area contributed by atoms with Crippen LogP contribution in [-0.2, 0) is 16.0 Å². The van der Waals surface area contributed by atoms with Gasteiger partial charge < -0.3 is 15.8 Å². The van der Waals surface area contributed by atoms with Crippen molar-refractivity contribution in [1.29, 1.82) is 0 Å². The second-order valence-electron chi connectivity index (χ2n) is 5.76. The Kier molecular flexibility index (Phi) is 4.14. The summed E-state index contributed by atoms with van der Waals surface area (Å²) in [6.45, 7) is 1.07. The van der Waals surface area contributed by atoms with Crippen LogP contribution in [0.1, 0.15) is 36.4 Å². The van der Waals surface area contributed by atoms with Gasteiger partial charge in [-0.25, -0.2) is 0 Å². The van der Waals surface area contributed by atoms with Gasteiger partial charge in [0.1, 0.15) is 0 Å². The predicted octanol–water partition coefficient (Wildman–Crippen LogP) is 2.60. The molecule has 1 amide bonds. The van der Waals surface area contributed by atoms with Crippen molar-refractivity contribution in [3.8, 4) is 0 Å². The number of amides is 1. The molecule has 0 saturated carbocycles. The maximum Gasteiger partial charge on any atom is 0.240 e. The zero-order valence-corrected chi connectivity index (χ0v) is 13.1. The Morgan fingerprint density at radius 1 is 1.33 bits per heavy atom. The van der Waals surface area contributed by atoms with Gasteiger partial charge in [-0.05, 0) is 42.9 Å². The summed E-state index contributed by atoms with van der Waals surface area (Å²) < 4.78 is 5.28. The van der Waals surface area contributed by atoms with E-state index in [9.17, 15) is 4.79 Å². The summed E-state index contributed by atoms with van der Waals surface area (Å²) in [4.78, 5) is 12.5. The average molecular weight is 329 g/mol. The van der Waals surface area contributed by atoms with Crippen LogP contribution in [0.5, 0.6) is 0 Å². The van der Waals surface area contributed by atoms with Crippen molar-refractivity contribution in [1.82, 2.24) is 5.32 Å². The standard InChI is InChI=1S/C15H18Cl2N2O2/c16-11-3-1-9-10(13(11)17)2-4-12(9)19-14(20)15(18)5-7-21-8-6-15/h1,3,12H,2,4-8,18H2,(H,19,20). The summed E-state index contributed by atoms with van der Waals surface area (Å²) in [7, 11) is 0. The first-order chi connectivity index (χ1) is 10.0. The normalized spacial score (nSPS) is 23.7. The molecule has 3 rings (SSSR count). The van der Waals surface area contributed by atoms with E-state index in [2.05, 4.69) is 5.32 Å². The van der Waals surface area contributed by atoms with Gasteiger partial charge in [-0.2, -0.15) is 0 Å². The fourth-order valence-electron chi connectivity index (χ4n) is 3.05. The van der Waals surface area contributed by atoms with Crippen LogP contribution in [0.2, 0.25) is 10.0 Å². The number of fused-ring (bicyclic) bond motifs is 1. The number of carbonyl (C=O) groups excluding carboxylic acids is 1. The molecule has 21 heavy (non-hydrogen) atoms. The van der Waals surface area contributed by atoms with Gasteiger partial charge in [0.25, 0.3) is 0 Å². The second-order valence-corrected chi connectivity index (χ2v) is 6.55. The summed E-state index contributed by atoms with van der Waals surface area (Å²) in [6.07, 6.45) is 2.76. The summed E-state index contributed by atoms with van der Waals surface area (Å²) in [5.41, 5.74) is 7.48. The van der Waals surface area contributed by atoms with Crippen LogP contribution in [0.15, 0.2) is 12.1 Å². The minimum absolute atomic E-state index is 0.0365. The minimum Gasteiger partial charge on any atom is -0.381 e. The van der Waals surface area contributed by atoms with E-state index in [1.54, 1.807) is 6.07 Å². The molecule has 1 aromatic rings. The highest BCUT2D eigenvalue weighted by atomic mass is 35.5. The van der Waals surface area contributed by atoms with Crippen molar-refractivity contribution in [2.75, 3.05) is 13.2 Å². The molecule has 0 bridgehead atoms. The lowest BCUT2D eigenvalue weighted by molar-refractivity contribution is -0.130. The highest BCUT2D eigenvalue weighted by Gasteiger charge is 2.38. The molecule has 3 N–H and O–H groups in total. The van der Waals surface area contributed by atoms with Gasteiger partial charge >= 0.3 is 0 Å². The van der Waals surface area contributed by atoms with E-state index in [1.807, 2.05) is 6.07 Å². The van der Waals surface area contributed by atoms with Crippen LogP contribution < -0.4 is 11.1 Å². The molecule has 0 radical (unpaired) electrons. The Bertz CT molecular complexity index is 571. The first-order valence-corrected chi connectivity index (χ1v) is 7.91. The van der Waals surface area contributed by atoms with E-state index < -0.39 is 5.54 Å². The lowest BCUT2D eigenvalue weighted by atomic mass is 9.90. The van der Waals surface area contributed by atoms with Crippen molar-refractivity contribution in [3.63, 3.8) is 0 Å². The monoisotopic (exact) mass is 328 g/mol. The maximum absolute atomic E-state index is 12.5. The highest BCUT2D eigenvalue weighted by Crippen LogP contribution is 2.39. The Morgan fingerprint density at radius 3 is 2.76 bits per heavy atom. The molecule has 6 heteroatoms. The van der Waals surface area contributed by atoms with Crippen LogP contribution in [-0.4, -0.2) is 24.7 Å². The summed E-state index contributed by atoms with van der Waals surface area (Å²) in [6, 6.07) is 3.68. The Hall–Kier alpha value is -0.810. The Morgan fingerprint density at radius 2 is 2.05 bits per heavy atom. The van der Waals surface area contributed by atoms with Crippen molar-refractivity contribution >= 4 is 29.1 Å². The van der Waals surface area contributed by atoms with Gasteiger partial charge in [0, 0.05) is 13.2 Å². The van der Waals surface area contributed by atoms with E-state index in [0.717, 1.165) is 24.0 Å². The van der Waals surface area contributed by atoms with Crippen molar-refractivity contribution in [3.05, 3.63) is 33.3 Å². The summed E-state index contributed by atoms with van der Waals surface area (Å²) in [5.74, 6) is -0.102. The van der Waals surface area contributed by atoms with E-state index in [0.29, 0.717) is 36.1 Å². The first-order valence-electron chi connectivity index (χ1n) is 7.16. The number of rotatable bonds is 2. The number of halogens is 2. The van der Waals surface area contributed by atoms with Crippen LogP contribution in [0.25, 0.3) is 0 Å². The fraction of sp³-hybridized carbons (Fsp3) is 0.533. The molecule has 1 saturated heterocycles. The number of nitrogens with one attached hydrogen (secondary N) is 1. The molecule has 4 nitrogen and oxygen atoms in total. The number of ether oxygens (including phenoxy) is 1. The molecule has 0 spiro atoms. The summed E-state index contributed by atoms with van der Waals surface area (Å²) in [5, 5.41) is 4.22. The van der Waals surface area contributed by atoms with Gasteiger partial charge in [-0.1, -0.05) is 29.3 Å². The van der Waals surface area contributed by atoms with E-state index in [1.165, 1.54) is 0 Å². The molecule has 1 aliphatic heterocycles. The number of hydrogen-bond donors (Lipinski definition) is 2. The Labute approximate surface area is 133 Å². The van der Waals surface area contributed by atoms with Gasteiger partial charge in [0.15, 0.2) is 0 Å². The fourth-order valence-corrected chi connectivity index (χ4v) is 3.49. The van der Waals surface area contributed by atoms with E-state index >= 15 is 0 Å². The van der Waals surface area contributed by atoms with Crippen LogP contribution in [0.4, 0.5) is 0 Å². The molecule has 114 valence electrons. The molecule has 0 aromatic heterocycles. The van der Waals surface area contributed by atoms with E-state index in [4.69, 9.17) is 33.7 Å². The molecule has 1 heterocycles. The number of carbonyl (C=O) groups is 1. The van der Waals surface area contributed by atoms with Crippen molar-refractivity contribution < 1.29 is 9.53 Å². The maximum atomic E-state index is 12.5. The zero-order chi connectivity index (χ0) is 15.0. The molecule has 2 aliphatic rings. The molecular formula is C15H18Cl2N2O2. The van der Waals surface area contributed by atoms with Crippen LogP contribution >= 0.6 is 23.2 Å². The molecule has 1 unspecified atom stereocenters. The van der Waals surface area contributed by atoms with Crippen LogP contribution in [0.3, 0.4) is 0 Å². The second kappa shape index (κ2) is 5.76. The average Bonchev–Trinajstić information content (AvgIpc) is 2.87. The molecular weight excluding hydrogens is 311 g/mol. The van der Waals surface area contributed by atoms with E-state index in [-0.39, 0.29) is 11.9 Å². The SMILES string of the molecule is NC1(C(=O)NC2CCc3c2ccc(Cl)c3Cl)CCOCC1. The molecule has 1 atom stereocenters. The summed E-state index contributed by atoms with van der Waals surface area (Å²) >= 11 is 12.3. The lowest BCUT2D eigenvalue weighted by Gasteiger charge is -2.33. The smallest absolute Gasteiger partial charge is 0.240 e. The van der Waals surface area contributed by atoms with Crippen molar-refractivity contribution in [2.24, 2.45) is 5.73 Å². The zero-order valence-electron chi connectivity index (χ0n) is 11.6.